The Morgan fingerprint density at radius 2 is 1.72 bits per heavy atom. The number of nitrogens with one attached hydrogen (secondary N) is 3. The monoisotopic (exact) mass is 528 g/mol. The Bertz CT molecular complexity index is 1410. The Labute approximate surface area is 214 Å². The van der Waals surface area contributed by atoms with Crippen molar-refractivity contribution < 1.29 is 23.1 Å². The Hall–Kier alpha value is -3.89. The Morgan fingerprint density at radius 3 is 2.33 bits per heavy atom. The number of anilines is 3. The molecule has 0 aliphatic heterocycles. The van der Waals surface area contributed by atoms with Crippen molar-refractivity contribution in [1.82, 2.24) is 0 Å². The van der Waals surface area contributed by atoms with E-state index >= 15 is 0 Å². The second-order valence-electron chi connectivity index (χ2n) is 7.88. The zero-order valence-corrected chi connectivity index (χ0v) is 21.2. The third-order valence-electron chi connectivity index (χ3n) is 5.26. The number of aliphatic imine (C=N–C) groups is 1. The summed E-state index contributed by atoms with van der Waals surface area (Å²) < 4.78 is 26.1. The molecule has 36 heavy (non-hydrogen) atoms. The molecule has 188 valence electrons. The summed E-state index contributed by atoms with van der Waals surface area (Å²) in [5, 5.41) is 16.5. The molecular weight excluding hydrogens is 504 g/mol. The number of urea groups is 1. The summed E-state index contributed by atoms with van der Waals surface area (Å²) in [6.07, 6.45) is 0.0232. The predicted octanol–water partition coefficient (Wildman–Crippen LogP) is 5.52. The van der Waals surface area contributed by atoms with Crippen LogP contribution in [0.5, 0.6) is 5.75 Å². The van der Waals surface area contributed by atoms with Crippen LogP contribution in [0.2, 0.25) is 5.02 Å². The molecule has 1 atom stereocenters. The fourth-order valence-electron chi connectivity index (χ4n) is 3.41. The van der Waals surface area contributed by atoms with Crippen LogP contribution < -0.4 is 16.0 Å². The summed E-state index contributed by atoms with van der Waals surface area (Å²) in [4.78, 5) is 29.0. The van der Waals surface area contributed by atoms with E-state index in [1.165, 1.54) is 18.2 Å². The fourth-order valence-corrected chi connectivity index (χ4v) is 5.35. The highest BCUT2D eigenvalue weighted by Gasteiger charge is 2.33. The first-order valence-electron chi connectivity index (χ1n) is 10.8. The number of benzene rings is 3. The minimum Gasteiger partial charge on any atom is -0.506 e. The summed E-state index contributed by atoms with van der Waals surface area (Å²) in [6.45, 7) is 6.76. The Morgan fingerprint density at radius 1 is 1.03 bits per heavy atom. The van der Waals surface area contributed by atoms with Crippen LogP contribution in [0.15, 0.2) is 70.6 Å². The van der Waals surface area contributed by atoms with Gasteiger partial charge < -0.3 is 21.1 Å². The van der Waals surface area contributed by atoms with Gasteiger partial charge in [0.25, 0.3) is 0 Å². The van der Waals surface area contributed by atoms with E-state index in [-0.39, 0.29) is 33.5 Å². The van der Waals surface area contributed by atoms with Crippen LogP contribution in [0.3, 0.4) is 0 Å². The molecule has 0 saturated carbocycles. The van der Waals surface area contributed by atoms with Crippen LogP contribution >= 0.6 is 11.6 Å². The number of phenols is 1. The lowest BCUT2D eigenvalue weighted by Gasteiger charge is -2.18. The number of sulfone groups is 1. The summed E-state index contributed by atoms with van der Waals surface area (Å²) in [5.74, 6) is -1.18. The van der Waals surface area contributed by atoms with E-state index in [1.54, 1.807) is 50.2 Å². The molecule has 4 N–H and O–H groups in total. The predicted molar refractivity (Wildman–Crippen MR) is 142 cm³/mol. The number of phenolic OH excluding ortho intramolecular Hbond substituents is 1. The first-order chi connectivity index (χ1) is 17.0. The third-order valence-corrected chi connectivity index (χ3v) is 7.78. The molecule has 0 heterocycles. The maximum absolute atomic E-state index is 13.1. The largest absolute Gasteiger partial charge is 0.506 e. The van der Waals surface area contributed by atoms with Crippen molar-refractivity contribution in [1.29, 1.82) is 0 Å². The number of amides is 3. The number of aryl methyl sites for hydroxylation is 1. The van der Waals surface area contributed by atoms with Crippen LogP contribution in [-0.4, -0.2) is 37.4 Å². The highest BCUT2D eigenvalue weighted by Crippen LogP contribution is 2.34. The maximum Gasteiger partial charge on any atom is 0.323 e. The molecule has 1 unspecified atom stereocenters. The van der Waals surface area contributed by atoms with E-state index in [0.717, 1.165) is 11.6 Å². The number of halogens is 1. The highest BCUT2D eigenvalue weighted by molar-refractivity contribution is 7.92. The van der Waals surface area contributed by atoms with Crippen LogP contribution in [-0.2, 0) is 14.6 Å². The minimum atomic E-state index is -3.97. The summed E-state index contributed by atoms with van der Waals surface area (Å²) in [5.41, 5.74) is 1.85. The smallest absolute Gasteiger partial charge is 0.323 e. The van der Waals surface area contributed by atoms with Crippen LogP contribution in [0, 0.1) is 6.92 Å². The Balaban J connectivity index is 1.74. The molecule has 0 aliphatic rings. The van der Waals surface area contributed by atoms with E-state index in [2.05, 4.69) is 27.7 Å². The van der Waals surface area contributed by atoms with Gasteiger partial charge in [-0.25, -0.2) is 13.2 Å². The number of nitrogens with zero attached hydrogens (tertiary/aromatic N) is 1. The number of aromatic hydroxyl groups is 1. The molecule has 0 aliphatic carbocycles. The van der Waals surface area contributed by atoms with Gasteiger partial charge in [0.2, 0.25) is 5.91 Å². The van der Waals surface area contributed by atoms with Gasteiger partial charge in [0.15, 0.2) is 9.84 Å². The molecular formula is C25H25ClN4O5S. The second kappa shape index (κ2) is 11.2. The number of carbonyl (C=O) groups is 2. The average molecular weight is 529 g/mol. The quantitative estimate of drug-likeness (QED) is 0.225. The maximum atomic E-state index is 13.1. The molecule has 0 radical (unpaired) electrons. The molecule has 3 rings (SSSR count). The molecule has 0 aromatic heterocycles. The normalized spacial score (nSPS) is 11.9. The molecule has 11 heteroatoms. The SMILES string of the molecule is C=Nc1ccc(NC(=O)Nc2cc(Cl)c(NC(=O)C(CC)S(=O)(=O)c3cccc(C)c3)cc2O)cc1. The van der Waals surface area contributed by atoms with Crippen molar-refractivity contribution >= 4 is 62.8 Å². The lowest BCUT2D eigenvalue weighted by molar-refractivity contribution is -0.115. The van der Waals surface area contributed by atoms with Crippen molar-refractivity contribution in [2.45, 2.75) is 30.4 Å². The lowest BCUT2D eigenvalue weighted by atomic mass is 10.2. The topological polar surface area (TPSA) is 137 Å². The van der Waals surface area contributed by atoms with Crippen LogP contribution in [0.4, 0.5) is 27.5 Å². The zero-order valence-electron chi connectivity index (χ0n) is 19.6. The van der Waals surface area contributed by atoms with Gasteiger partial charge in [-0.15, -0.1) is 0 Å². The summed E-state index contributed by atoms with van der Waals surface area (Å²) >= 11 is 6.26. The molecule has 0 spiro atoms. The van der Waals surface area contributed by atoms with Crippen LogP contribution in [0.1, 0.15) is 18.9 Å². The van der Waals surface area contributed by atoms with E-state index in [1.807, 2.05) is 0 Å². The Kier molecular flexibility index (Phi) is 8.33. The van der Waals surface area contributed by atoms with Crippen molar-refractivity contribution in [2.75, 3.05) is 16.0 Å². The molecule has 3 aromatic carbocycles. The molecule has 0 saturated heterocycles. The lowest BCUT2D eigenvalue weighted by Crippen LogP contribution is -2.34. The number of hydrogen-bond acceptors (Lipinski definition) is 6. The van der Waals surface area contributed by atoms with E-state index in [9.17, 15) is 23.1 Å². The number of hydrogen-bond donors (Lipinski definition) is 4. The third kappa shape index (κ3) is 6.21. The summed E-state index contributed by atoms with van der Waals surface area (Å²) in [6, 6.07) is 14.6. The van der Waals surface area contributed by atoms with Crippen molar-refractivity contribution in [3.05, 3.63) is 71.2 Å². The van der Waals surface area contributed by atoms with Crippen molar-refractivity contribution in [2.24, 2.45) is 4.99 Å². The van der Waals surface area contributed by atoms with Gasteiger partial charge in [0.05, 0.1) is 27.0 Å². The van der Waals surface area contributed by atoms with E-state index in [0.29, 0.717) is 11.4 Å². The van der Waals surface area contributed by atoms with Gasteiger partial charge in [-0.05, 0) is 68.1 Å². The van der Waals surface area contributed by atoms with Gasteiger partial charge in [0.1, 0.15) is 11.0 Å². The van der Waals surface area contributed by atoms with Gasteiger partial charge in [-0.1, -0.05) is 30.7 Å². The molecule has 3 amide bonds. The number of rotatable bonds is 8. The van der Waals surface area contributed by atoms with Crippen molar-refractivity contribution in [3.8, 4) is 5.75 Å². The fraction of sp³-hybridized carbons (Fsp3) is 0.160. The summed E-state index contributed by atoms with van der Waals surface area (Å²) in [7, 11) is -3.97. The van der Waals surface area contributed by atoms with Gasteiger partial charge in [0, 0.05) is 11.8 Å². The minimum absolute atomic E-state index is 0.00414. The first-order valence-corrected chi connectivity index (χ1v) is 12.8. The first kappa shape index (κ1) is 26.7. The number of carbonyl (C=O) groups excluding carboxylic acids is 2. The van der Waals surface area contributed by atoms with E-state index in [4.69, 9.17) is 11.6 Å². The van der Waals surface area contributed by atoms with Crippen LogP contribution in [0.25, 0.3) is 0 Å². The van der Waals surface area contributed by atoms with E-state index < -0.39 is 27.0 Å². The van der Waals surface area contributed by atoms with Crippen molar-refractivity contribution in [3.63, 3.8) is 0 Å². The van der Waals surface area contributed by atoms with Gasteiger partial charge in [-0.2, -0.15) is 0 Å². The molecule has 0 bridgehead atoms. The standard InChI is InChI=1S/C25H25ClN4O5S/c1-4-23(36(34,35)18-7-5-6-15(2)12-18)24(32)29-20-14-22(31)21(13-19(20)26)30-25(33)28-17-10-8-16(27-3)9-11-17/h5-14,23,31H,3-4H2,1-2H3,(H,29,32)(H2,28,30,33). The molecule has 3 aromatic rings. The molecule has 0 fully saturated rings. The van der Waals surface area contributed by atoms with Gasteiger partial charge >= 0.3 is 6.03 Å². The van der Waals surface area contributed by atoms with Gasteiger partial charge in [-0.3, -0.25) is 9.79 Å². The average Bonchev–Trinajstić information content (AvgIpc) is 2.83. The molecule has 9 nitrogen and oxygen atoms in total. The second-order valence-corrected chi connectivity index (χ2v) is 10.4. The highest BCUT2D eigenvalue weighted by atomic mass is 35.5. The zero-order chi connectivity index (χ0) is 26.5.